The second-order valence-corrected chi connectivity index (χ2v) is 18.9. The number of hydrogen-bond acceptors (Lipinski definition) is 2. The first kappa shape index (κ1) is 46.2. The van der Waals surface area contributed by atoms with Gasteiger partial charge in [0, 0.05) is 39.4 Å². The first-order chi connectivity index (χ1) is 29.7. The lowest BCUT2D eigenvalue weighted by molar-refractivity contribution is 0.395. The average Bonchev–Trinajstić information content (AvgIpc) is 3.57. The van der Waals surface area contributed by atoms with Gasteiger partial charge < -0.3 is 9.80 Å². The molecule has 0 spiro atoms. The minimum Gasteiger partial charge on any atom is -0.336 e. The van der Waals surface area contributed by atoms with Gasteiger partial charge in [-0.25, -0.2) is 0 Å². The van der Waals surface area contributed by atoms with Gasteiger partial charge in [-0.3, -0.25) is 0 Å². The number of nitrogens with zero attached hydrogens (tertiary/aromatic N) is 2. The lowest BCUT2D eigenvalue weighted by atomic mass is 9.69. The summed E-state index contributed by atoms with van der Waals surface area (Å²) in [6.07, 6.45) is 22.8. The van der Waals surface area contributed by atoms with Crippen LogP contribution < -0.4 is 9.80 Å². The maximum atomic E-state index is 2.70. The number of unbranched alkanes of at least 4 members (excludes halogenated alkanes) is 10. The fraction of sp³-hybridized carbons (Fsp3) is 0.492. The van der Waals surface area contributed by atoms with Crippen molar-refractivity contribution in [2.24, 2.45) is 0 Å². The van der Waals surface area contributed by atoms with E-state index in [1.165, 1.54) is 135 Å². The highest BCUT2D eigenvalue weighted by molar-refractivity contribution is 5.86. The zero-order chi connectivity index (χ0) is 43.3. The van der Waals surface area contributed by atoms with Crippen molar-refractivity contribution in [3.8, 4) is 11.1 Å². The maximum Gasteiger partial charge on any atom is 0.0465 e. The zero-order valence-electron chi connectivity index (χ0n) is 39.7. The van der Waals surface area contributed by atoms with Crippen LogP contribution in [0.2, 0.25) is 0 Å². The van der Waals surface area contributed by atoms with Gasteiger partial charge in [-0.2, -0.15) is 0 Å². The van der Waals surface area contributed by atoms with Crippen LogP contribution in [0.5, 0.6) is 0 Å². The molecule has 326 valence electrons. The molecule has 0 saturated heterocycles. The number of benzene rings is 5. The van der Waals surface area contributed by atoms with Gasteiger partial charge in [-0.05, 0) is 139 Å². The van der Waals surface area contributed by atoms with Gasteiger partial charge in [-0.15, -0.1) is 0 Å². The molecule has 0 bridgehead atoms. The van der Waals surface area contributed by atoms with Crippen LogP contribution in [0, 0.1) is 0 Å². The summed E-state index contributed by atoms with van der Waals surface area (Å²) in [4.78, 5) is 5.07. The molecule has 0 heterocycles. The van der Waals surface area contributed by atoms with Crippen molar-refractivity contribution in [1.29, 1.82) is 0 Å². The predicted molar refractivity (Wildman–Crippen MR) is 269 cm³/mol. The summed E-state index contributed by atoms with van der Waals surface area (Å²) in [5.41, 5.74) is 13.9. The summed E-state index contributed by atoms with van der Waals surface area (Å²) in [5, 5.41) is 0. The number of hydrogen-bond donors (Lipinski definition) is 0. The summed E-state index contributed by atoms with van der Waals surface area (Å²) in [5.74, 6) is 0. The van der Waals surface area contributed by atoms with Crippen LogP contribution in [0.3, 0.4) is 0 Å². The molecule has 2 heteroatoms. The van der Waals surface area contributed by atoms with Crippen LogP contribution in [0.25, 0.3) is 11.1 Å². The Morgan fingerprint density at radius 3 is 1.36 bits per heavy atom. The average molecular weight is 817 g/mol. The molecule has 0 saturated carbocycles. The van der Waals surface area contributed by atoms with E-state index in [4.69, 9.17) is 0 Å². The van der Waals surface area contributed by atoms with E-state index in [0.717, 1.165) is 25.7 Å². The highest BCUT2D eigenvalue weighted by Crippen LogP contribution is 2.56. The second-order valence-electron chi connectivity index (χ2n) is 18.9. The Balaban J connectivity index is 1.48. The monoisotopic (exact) mass is 817 g/mol. The van der Waals surface area contributed by atoms with Gasteiger partial charge in [0.05, 0.1) is 0 Å². The fourth-order valence-electron chi connectivity index (χ4n) is 10.4. The van der Waals surface area contributed by atoms with E-state index in [1.807, 2.05) is 0 Å². The van der Waals surface area contributed by atoms with Gasteiger partial charge in [0.15, 0.2) is 0 Å². The lowest BCUT2D eigenvalue weighted by Crippen LogP contribution is -2.42. The van der Waals surface area contributed by atoms with E-state index in [1.54, 1.807) is 11.1 Å². The third kappa shape index (κ3) is 10.2. The Hall–Kier alpha value is -4.30. The minimum absolute atomic E-state index is 0.00174. The third-order valence-electron chi connectivity index (χ3n) is 15.2. The lowest BCUT2D eigenvalue weighted by Gasteiger charge is -2.42. The van der Waals surface area contributed by atoms with Gasteiger partial charge >= 0.3 is 0 Å². The van der Waals surface area contributed by atoms with Crippen LogP contribution in [0.1, 0.15) is 188 Å². The normalized spacial score (nSPS) is 13.2. The molecule has 5 aromatic rings. The molecule has 0 atom stereocenters. The molecule has 6 rings (SSSR count). The van der Waals surface area contributed by atoms with E-state index in [0.29, 0.717) is 0 Å². The predicted octanol–water partition coefficient (Wildman–Crippen LogP) is 18.7. The van der Waals surface area contributed by atoms with Gasteiger partial charge in [-0.1, -0.05) is 186 Å². The van der Waals surface area contributed by atoms with E-state index in [9.17, 15) is 0 Å². The summed E-state index contributed by atoms with van der Waals surface area (Å²) in [6, 6.07) is 46.7. The first-order valence-corrected chi connectivity index (χ1v) is 24.8. The van der Waals surface area contributed by atoms with Crippen molar-refractivity contribution >= 4 is 28.4 Å². The molecular formula is C59H80N2. The Morgan fingerprint density at radius 2 is 0.836 bits per heavy atom. The molecule has 0 radical (unpaired) electrons. The maximum absolute atomic E-state index is 2.70. The molecule has 0 N–H and O–H groups in total. The van der Waals surface area contributed by atoms with Crippen LogP contribution in [0.15, 0.2) is 121 Å². The molecule has 0 amide bonds. The first-order valence-electron chi connectivity index (χ1n) is 24.8. The molecular weight excluding hydrogens is 737 g/mol. The van der Waals surface area contributed by atoms with Crippen molar-refractivity contribution < 1.29 is 0 Å². The standard InChI is InChI=1S/C59H80N2/c1-9-15-17-19-21-29-43-59(44-30-22-20-18-16-10-2)55-45-47(57(7,11-3)12-4)35-41-53(55)54-42-40-52(46-56(54)59)60(48-31-25-23-26-32-48)49-36-38-51(39-37-49)61(58(8,13-5)14-6)50-33-27-24-28-34-50/h23-28,31-42,45-46H,9-22,29-30,43-44H2,1-8H3. The SMILES string of the molecule is CCCCCCCCC1(CCCCCCCC)c2cc(N(c3ccccc3)c3ccc(N(c4ccccc4)C(C)(CC)CC)cc3)ccc2-c2ccc(C(C)(CC)CC)cc21. The van der Waals surface area contributed by atoms with E-state index in [-0.39, 0.29) is 16.4 Å². The number of rotatable bonds is 25. The van der Waals surface area contributed by atoms with Crippen molar-refractivity contribution in [2.75, 3.05) is 9.80 Å². The van der Waals surface area contributed by atoms with Gasteiger partial charge in [0.1, 0.15) is 0 Å². The third-order valence-corrected chi connectivity index (χ3v) is 15.2. The summed E-state index contributed by atoms with van der Waals surface area (Å²) in [6.45, 7) is 19.0. The Labute approximate surface area is 373 Å². The summed E-state index contributed by atoms with van der Waals surface area (Å²) in [7, 11) is 0. The molecule has 61 heavy (non-hydrogen) atoms. The van der Waals surface area contributed by atoms with Crippen molar-refractivity contribution in [3.63, 3.8) is 0 Å². The number of para-hydroxylation sites is 2. The minimum atomic E-state index is -0.00211. The quantitative estimate of drug-likeness (QED) is 0.0542. The second kappa shape index (κ2) is 21.7. The highest BCUT2D eigenvalue weighted by atomic mass is 15.2. The Morgan fingerprint density at radius 1 is 0.410 bits per heavy atom. The molecule has 5 aromatic carbocycles. The molecule has 0 fully saturated rings. The number of fused-ring (bicyclic) bond motifs is 3. The Kier molecular flexibility index (Phi) is 16.4. The van der Waals surface area contributed by atoms with E-state index in [2.05, 4.69) is 187 Å². The van der Waals surface area contributed by atoms with Crippen molar-refractivity contribution in [3.05, 3.63) is 138 Å². The van der Waals surface area contributed by atoms with E-state index < -0.39 is 0 Å². The molecule has 0 aromatic heterocycles. The van der Waals surface area contributed by atoms with Crippen LogP contribution in [0.4, 0.5) is 28.4 Å². The summed E-state index contributed by atoms with van der Waals surface area (Å²) < 4.78 is 0. The Bertz CT molecular complexity index is 2040. The fourth-order valence-corrected chi connectivity index (χ4v) is 10.4. The van der Waals surface area contributed by atoms with Gasteiger partial charge in [0.25, 0.3) is 0 Å². The molecule has 1 aliphatic rings. The van der Waals surface area contributed by atoms with Crippen LogP contribution >= 0.6 is 0 Å². The summed E-state index contributed by atoms with van der Waals surface area (Å²) >= 11 is 0. The molecule has 2 nitrogen and oxygen atoms in total. The zero-order valence-corrected chi connectivity index (χ0v) is 39.7. The topological polar surface area (TPSA) is 6.48 Å². The number of anilines is 5. The molecule has 1 aliphatic carbocycles. The van der Waals surface area contributed by atoms with Crippen LogP contribution in [-0.2, 0) is 10.8 Å². The van der Waals surface area contributed by atoms with Crippen molar-refractivity contribution in [1.82, 2.24) is 0 Å². The van der Waals surface area contributed by atoms with E-state index >= 15 is 0 Å². The molecule has 0 unspecified atom stereocenters. The van der Waals surface area contributed by atoms with Gasteiger partial charge in [0.2, 0.25) is 0 Å². The largest absolute Gasteiger partial charge is 0.336 e. The van der Waals surface area contributed by atoms with Crippen LogP contribution in [-0.4, -0.2) is 5.54 Å². The smallest absolute Gasteiger partial charge is 0.0465 e. The highest BCUT2D eigenvalue weighted by Gasteiger charge is 2.43. The van der Waals surface area contributed by atoms with Crippen molar-refractivity contribution in [2.45, 2.75) is 187 Å². The molecule has 0 aliphatic heterocycles.